The molecule has 4 N–H and O–H groups in total. The highest BCUT2D eigenvalue weighted by Gasteiger charge is 2.31. The third-order valence-corrected chi connectivity index (χ3v) is 7.35. The van der Waals surface area contributed by atoms with Crippen LogP contribution in [-0.4, -0.2) is 46.5 Å². The summed E-state index contributed by atoms with van der Waals surface area (Å²) in [6.07, 6.45) is 2.80. The predicted octanol–water partition coefficient (Wildman–Crippen LogP) is 6.09. The second-order valence-corrected chi connectivity index (χ2v) is 10.7. The van der Waals surface area contributed by atoms with Gasteiger partial charge in [-0.15, -0.1) is 13.2 Å². The maximum absolute atomic E-state index is 13.6. The molecule has 0 bridgehead atoms. The third kappa shape index (κ3) is 7.89. The third-order valence-electron chi connectivity index (χ3n) is 7.35. The minimum absolute atomic E-state index is 0.00115. The lowest BCUT2D eigenvalue weighted by atomic mass is 9.95. The van der Waals surface area contributed by atoms with Crippen LogP contribution in [0.3, 0.4) is 0 Å². The Kier molecular flexibility index (Phi) is 9.92. The molecule has 1 atom stereocenters. The normalized spacial score (nSPS) is 14.1. The number of nitrogen functional groups attached to an aromatic ring is 2. The fraction of sp³-hybridized carbons (Fsp3) is 0.206. The van der Waals surface area contributed by atoms with E-state index in [1.807, 2.05) is 31.2 Å². The molecule has 0 saturated heterocycles. The molecule has 1 unspecified atom stereocenters. The molecule has 4 aromatic rings. The molecular weight excluding hydrogens is 629 g/mol. The van der Waals surface area contributed by atoms with Gasteiger partial charge in [0, 0.05) is 29.8 Å². The van der Waals surface area contributed by atoms with E-state index in [4.69, 9.17) is 20.9 Å². The number of rotatable bonds is 10. The van der Waals surface area contributed by atoms with E-state index in [1.165, 1.54) is 36.5 Å². The highest BCUT2D eigenvalue weighted by Crippen LogP contribution is 2.37. The van der Waals surface area contributed by atoms with Gasteiger partial charge in [-0.25, -0.2) is 14.8 Å². The number of carbonyl (C=O) groups excluding carboxylic acids is 2. The van der Waals surface area contributed by atoms with Crippen molar-refractivity contribution in [3.8, 4) is 17.2 Å². The summed E-state index contributed by atoms with van der Waals surface area (Å²) in [5, 5.41) is 5.86. The maximum Gasteiger partial charge on any atom is 0.573 e. The van der Waals surface area contributed by atoms with E-state index < -0.39 is 18.1 Å². The van der Waals surface area contributed by atoms with E-state index >= 15 is 0 Å². The molecule has 0 saturated carbocycles. The number of fused-ring (bicyclic) bond motifs is 1. The molecule has 3 aromatic carbocycles. The van der Waals surface area contributed by atoms with Crippen molar-refractivity contribution in [1.82, 2.24) is 15.0 Å². The predicted molar refractivity (Wildman–Crippen MR) is 172 cm³/mol. The number of methoxy groups -OCH3 is 1. The average Bonchev–Trinajstić information content (AvgIpc) is 3.04. The summed E-state index contributed by atoms with van der Waals surface area (Å²) in [7, 11) is 1.36. The number of amides is 1. The molecule has 0 aliphatic carbocycles. The molecule has 1 aromatic heterocycles. The summed E-state index contributed by atoms with van der Waals surface area (Å²) >= 11 is 0. The van der Waals surface area contributed by atoms with Gasteiger partial charge in [0.15, 0.2) is 11.5 Å². The van der Waals surface area contributed by atoms with Gasteiger partial charge in [-0.2, -0.15) is 10.1 Å². The highest BCUT2D eigenvalue weighted by molar-refractivity contribution is 5.95. The Morgan fingerprint density at radius 2 is 1.81 bits per heavy atom. The zero-order valence-electron chi connectivity index (χ0n) is 25.9. The number of benzene rings is 3. The molecule has 0 fully saturated rings. The standard InChI is InChI=1S/C34H31F3N6O5/c1-3-6-27-26-8-5-4-7-23(26)19-41-43(27)29(44)14-11-22-15-20(16-24-18-40-33(39)42-31(24)38)17-28(30(22)46-2)47-32(45)21-9-12-25(13-10-21)48-34(35,36)37/h4-5,7-15,17-19,27H,3,6,16H2,1-2H3,(H4,38,39,40,42)/b14-11+. The molecule has 1 amide bonds. The van der Waals surface area contributed by atoms with E-state index in [1.54, 1.807) is 12.3 Å². The number of hydrazone groups is 1. The maximum atomic E-state index is 13.6. The monoisotopic (exact) mass is 660 g/mol. The van der Waals surface area contributed by atoms with Crippen molar-refractivity contribution < 1.29 is 37.0 Å². The summed E-state index contributed by atoms with van der Waals surface area (Å²) in [6.45, 7) is 2.03. The van der Waals surface area contributed by atoms with E-state index in [-0.39, 0.29) is 47.2 Å². The first-order chi connectivity index (χ1) is 23.0. The summed E-state index contributed by atoms with van der Waals surface area (Å²) in [4.78, 5) is 34.7. The van der Waals surface area contributed by atoms with Gasteiger partial charge in [-0.3, -0.25) is 4.79 Å². The molecule has 14 heteroatoms. The van der Waals surface area contributed by atoms with Crippen LogP contribution in [0.25, 0.3) is 6.08 Å². The fourth-order valence-corrected chi connectivity index (χ4v) is 5.21. The second kappa shape index (κ2) is 14.2. The Bertz CT molecular complexity index is 1880. The van der Waals surface area contributed by atoms with E-state index in [2.05, 4.69) is 19.8 Å². The summed E-state index contributed by atoms with van der Waals surface area (Å²) in [5.74, 6) is -1.52. The van der Waals surface area contributed by atoms with Gasteiger partial charge in [0.05, 0.1) is 24.9 Å². The van der Waals surface area contributed by atoms with Crippen LogP contribution in [0.1, 0.15) is 64.0 Å². The Morgan fingerprint density at radius 3 is 2.50 bits per heavy atom. The lowest BCUT2D eigenvalue weighted by Crippen LogP contribution is -2.32. The molecule has 1 aliphatic rings. The van der Waals surface area contributed by atoms with Crippen molar-refractivity contribution >= 4 is 35.9 Å². The van der Waals surface area contributed by atoms with Crippen molar-refractivity contribution in [3.63, 3.8) is 0 Å². The minimum Gasteiger partial charge on any atom is -0.492 e. The van der Waals surface area contributed by atoms with Gasteiger partial charge in [0.25, 0.3) is 5.91 Å². The highest BCUT2D eigenvalue weighted by atomic mass is 19.4. The first-order valence-electron chi connectivity index (χ1n) is 14.8. The smallest absolute Gasteiger partial charge is 0.492 e. The molecule has 48 heavy (non-hydrogen) atoms. The topological polar surface area (TPSA) is 155 Å². The first-order valence-corrected chi connectivity index (χ1v) is 14.8. The van der Waals surface area contributed by atoms with Crippen LogP contribution >= 0.6 is 0 Å². The molecular formula is C34H31F3N6O5. The van der Waals surface area contributed by atoms with Gasteiger partial charge < -0.3 is 25.7 Å². The Balaban J connectivity index is 1.48. The van der Waals surface area contributed by atoms with Crippen LogP contribution in [0.4, 0.5) is 24.9 Å². The number of halogens is 3. The van der Waals surface area contributed by atoms with E-state index in [0.29, 0.717) is 23.1 Å². The molecule has 0 radical (unpaired) electrons. The minimum atomic E-state index is -4.89. The molecule has 11 nitrogen and oxygen atoms in total. The number of hydrogen-bond donors (Lipinski definition) is 2. The number of hydrogen-bond acceptors (Lipinski definition) is 10. The average molecular weight is 661 g/mol. The van der Waals surface area contributed by atoms with Gasteiger partial charge in [-0.1, -0.05) is 37.6 Å². The first kappa shape index (κ1) is 33.4. The van der Waals surface area contributed by atoms with Crippen molar-refractivity contribution in [2.24, 2.45) is 5.10 Å². The Morgan fingerprint density at radius 1 is 1.06 bits per heavy atom. The lowest BCUT2D eigenvalue weighted by Gasteiger charge is -2.31. The number of carbonyl (C=O) groups is 2. The number of alkyl halides is 3. The van der Waals surface area contributed by atoms with Crippen molar-refractivity contribution in [3.05, 3.63) is 106 Å². The van der Waals surface area contributed by atoms with Gasteiger partial charge in [-0.05, 0) is 65.6 Å². The number of nitrogens with two attached hydrogens (primary N) is 2. The van der Waals surface area contributed by atoms with Gasteiger partial charge >= 0.3 is 12.3 Å². The van der Waals surface area contributed by atoms with Crippen LogP contribution in [-0.2, 0) is 11.2 Å². The second-order valence-electron chi connectivity index (χ2n) is 10.7. The molecule has 2 heterocycles. The molecule has 0 spiro atoms. The SMILES string of the molecule is CCCC1c2ccccc2C=NN1C(=O)/C=C/c1cc(Cc2cnc(N)nc2N)cc(OC(=O)c2ccc(OC(F)(F)F)cc2)c1OC. The van der Waals surface area contributed by atoms with Crippen molar-refractivity contribution in [2.45, 2.75) is 38.6 Å². The Labute approximate surface area is 273 Å². The molecule has 1 aliphatic heterocycles. The van der Waals surface area contributed by atoms with Crippen LogP contribution in [0, 0.1) is 0 Å². The van der Waals surface area contributed by atoms with Gasteiger partial charge in [0.2, 0.25) is 5.95 Å². The fourth-order valence-electron chi connectivity index (χ4n) is 5.21. The number of nitrogens with zero attached hydrogens (tertiary/aromatic N) is 4. The van der Waals surface area contributed by atoms with Crippen LogP contribution in [0.15, 0.2) is 78.0 Å². The van der Waals surface area contributed by atoms with Crippen molar-refractivity contribution in [1.29, 1.82) is 0 Å². The number of esters is 1. The summed E-state index contributed by atoms with van der Waals surface area (Å²) in [5.41, 5.74) is 15.1. The van der Waals surface area contributed by atoms with E-state index in [0.717, 1.165) is 41.8 Å². The van der Waals surface area contributed by atoms with E-state index in [9.17, 15) is 22.8 Å². The van der Waals surface area contributed by atoms with Crippen LogP contribution in [0.5, 0.6) is 17.2 Å². The quantitative estimate of drug-likeness (QED) is 0.117. The zero-order chi connectivity index (χ0) is 34.4. The summed E-state index contributed by atoms with van der Waals surface area (Å²) in [6, 6.07) is 15.0. The van der Waals surface area contributed by atoms with Crippen LogP contribution in [0.2, 0.25) is 0 Å². The zero-order valence-corrected chi connectivity index (χ0v) is 25.9. The molecule has 5 rings (SSSR count). The number of aromatic nitrogens is 2. The largest absolute Gasteiger partial charge is 0.573 e. The summed E-state index contributed by atoms with van der Waals surface area (Å²) < 4.78 is 53.0. The number of anilines is 2. The van der Waals surface area contributed by atoms with Crippen molar-refractivity contribution in [2.75, 3.05) is 18.6 Å². The lowest BCUT2D eigenvalue weighted by molar-refractivity contribution is -0.274. The van der Waals surface area contributed by atoms with Gasteiger partial charge in [0.1, 0.15) is 11.6 Å². The van der Waals surface area contributed by atoms with Crippen LogP contribution < -0.4 is 25.7 Å². The molecule has 248 valence electrons. The Hall–Kier alpha value is -5.92. The number of ether oxygens (including phenoxy) is 3.